The highest BCUT2D eigenvalue weighted by molar-refractivity contribution is 5.21. The third kappa shape index (κ3) is 2.66. The van der Waals surface area contributed by atoms with E-state index in [9.17, 15) is 9.65 Å². The lowest BCUT2D eigenvalue weighted by Gasteiger charge is -2.21. The van der Waals surface area contributed by atoms with Gasteiger partial charge in [-0.2, -0.15) is 5.26 Å². The van der Waals surface area contributed by atoms with Gasteiger partial charge in [-0.3, -0.25) is 0 Å². The Morgan fingerprint density at radius 3 is 2.94 bits per heavy atom. The van der Waals surface area contributed by atoms with E-state index < -0.39 is 0 Å². The Balaban J connectivity index is 2.14. The van der Waals surface area contributed by atoms with Gasteiger partial charge in [0.15, 0.2) is 0 Å². The maximum Gasteiger partial charge on any atom is 0.123 e. The third-order valence-electron chi connectivity index (χ3n) is 3.96. The second-order valence-corrected chi connectivity index (χ2v) is 5.22. The minimum atomic E-state index is -0.255. The van der Waals surface area contributed by atoms with Gasteiger partial charge in [-0.15, -0.1) is 0 Å². The number of nitriles is 1. The molecule has 1 nitrogen and oxygen atoms in total. The molecule has 1 aromatic carbocycles. The van der Waals surface area contributed by atoms with E-state index in [1.54, 1.807) is 12.1 Å². The number of rotatable bonds is 3. The maximum atomic E-state index is 13.1. The zero-order valence-corrected chi connectivity index (χ0v) is 10.2. The summed E-state index contributed by atoms with van der Waals surface area (Å²) in [6.07, 6.45) is 4.90. The zero-order chi connectivity index (χ0) is 12.3. The first-order valence-corrected chi connectivity index (χ1v) is 6.33. The van der Waals surface area contributed by atoms with E-state index in [1.165, 1.54) is 6.07 Å². The van der Waals surface area contributed by atoms with Crippen LogP contribution in [0, 0.1) is 28.5 Å². The lowest BCUT2D eigenvalue weighted by molar-refractivity contribution is 0.380. The second-order valence-electron chi connectivity index (χ2n) is 5.22. The van der Waals surface area contributed by atoms with E-state index in [2.05, 4.69) is 13.0 Å². The molecule has 0 heterocycles. The fourth-order valence-corrected chi connectivity index (χ4v) is 2.92. The van der Waals surface area contributed by atoms with Crippen LogP contribution in [-0.4, -0.2) is 0 Å². The number of hydrogen-bond donors (Lipinski definition) is 0. The average molecular weight is 231 g/mol. The first kappa shape index (κ1) is 12.1. The maximum absolute atomic E-state index is 13.1. The lowest BCUT2D eigenvalue weighted by atomic mass is 9.80. The van der Waals surface area contributed by atoms with Crippen LogP contribution in [0.1, 0.15) is 38.2 Å². The van der Waals surface area contributed by atoms with Crippen molar-refractivity contribution in [3.8, 4) is 6.07 Å². The van der Waals surface area contributed by atoms with E-state index in [-0.39, 0.29) is 11.2 Å². The molecule has 2 rings (SSSR count). The van der Waals surface area contributed by atoms with E-state index in [0.717, 1.165) is 31.2 Å². The molecule has 1 aliphatic carbocycles. The molecule has 90 valence electrons. The van der Waals surface area contributed by atoms with Crippen LogP contribution in [0.3, 0.4) is 0 Å². The third-order valence-corrected chi connectivity index (χ3v) is 3.96. The Morgan fingerprint density at radius 1 is 1.53 bits per heavy atom. The van der Waals surface area contributed by atoms with E-state index in [1.807, 2.05) is 6.07 Å². The van der Waals surface area contributed by atoms with Gasteiger partial charge in [-0.25, -0.2) is 4.39 Å². The summed E-state index contributed by atoms with van der Waals surface area (Å²) in [6, 6.07) is 9.13. The SMILES string of the molecule is CCC1CCC(C#N)(Cc2cccc(F)c2)C1. The molecule has 0 amide bonds. The first-order chi connectivity index (χ1) is 8.17. The molecule has 0 N–H and O–H groups in total. The van der Waals surface area contributed by atoms with Gasteiger partial charge in [0.2, 0.25) is 0 Å². The van der Waals surface area contributed by atoms with E-state index in [0.29, 0.717) is 12.3 Å². The van der Waals surface area contributed by atoms with Gasteiger partial charge in [0.05, 0.1) is 11.5 Å². The fraction of sp³-hybridized carbons (Fsp3) is 0.533. The van der Waals surface area contributed by atoms with Crippen molar-refractivity contribution < 1.29 is 4.39 Å². The molecule has 1 saturated carbocycles. The van der Waals surface area contributed by atoms with Gasteiger partial charge in [0.1, 0.15) is 5.82 Å². The van der Waals surface area contributed by atoms with Crippen molar-refractivity contribution in [3.63, 3.8) is 0 Å². The van der Waals surface area contributed by atoms with Gasteiger partial charge in [0.25, 0.3) is 0 Å². The Labute approximate surface area is 102 Å². The quantitative estimate of drug-likeness (QED) is 0.768. The molecule has 2 unspecified atom stereocenters. The van der Waals surface area contributed by atoms with Crippen LogP contribution in [0.25, 0.3) is 0 Å². The second kappa shape index (κ2) is 4.87. The Kier molecular flexibility index (Phi) is 3.47. The molecule has 0 spiro atoms. The van der Waals surface area contributed by atoms with Crippen LogP contribution in [0.5, 0.6) is 0 Å². The molecule has 17 heavy (non-hydrogen) atoms. The summed E-state index contributed by atoms with van der Waals surface area (Å²) >= 11 is 0. The minimum absolute atomic E-state index is 0.208. The van der Waals surface area contributed by atoms with Crippen LogP contribution in [0.2, 0.25) is 0 Å². The summed E-state index contributed by atoms with van der Waals surface area (Å²) in [4.78, 5) is 0. The molecule has 0 aliphatic heterocycles. The topological polar surface area (TPSA) is 23.8 Å². The average Bonchev–Trinajstić information content (AvgIpc) is 2.73. The predicted octanol–water partition coefficient (Wildman–Crippen LogP) is 4.09. The van der Waals surface area contributed by atoms with Gasteiger partial charge in [0, 0.05) is 0 Å². The summed E-state index contributed by atoms with van der Waals surface area (Å²) in [5.41, 5.74) is 0.692. The van der Waals surface area contributed by atoms with Gasteiger partial charge in [-0.1, -0.05) is 25.5 Å². The molecule has 1 aliphatic rings. The van der Waals surface area contributed by atoms with Crippen molar-refractivity contribution in [2.75, 3.05) is 0 Å². The predicted molar refractivity (Wildman–Crippen MR) is 65.8 cm³/mol. The molecule has 0 bridgehead atoms. The van der Waals surface area contributed by atoms with Crippen molar-refractivity contribution >= 4 is 0 Å². The number of halogens is 1. The highest BCUT2D eigenvalue weighted by Gasteiger charge is 2.38. The van der Waals surface area contributed by atoms with Gasteiger partial charge >= 0.3 is 0 Å². The van der Waals surface area contributed by atoms with Crippen molar-refractivity contribution in [3.05, 3.63) is 35.6 Å². The monoisotopic (exact) mass is 231 g/mol. The van der Waals surface area contributed by atoms with Crippen LogP contribution >= 0.6 is 0 Å². The minimum Gasteiger partial charge on any atom is -0.207 e. The summed E-state index contributed by atoms with van der Waals surface area (Å²) in [6.45, 7) is 2.18. The number of benzene rings is 1. The summed E-state index contributed by atoms with van der Waals surface area (Å²) in [5.74, 6) is 0.462. The summed E-state index contributed by atoms with van der Waals surface area (Å²) < 4.78 is 13.1. The van der Waals surface area contributed by atoms with Crippen molar-refractivity contribution in [1.82, 2.24) is 0 Å². The molecule has 1 fully saturated rings. The molecule has 0 aromatic heterocycles. The van der Waals surface area contributed by atoms with Gasteiger partial charge < -0.3 is 0 Å². The Morgan fingerprint density at radius 2 is 2.35 bits per heavy atom. The number of hydrogen-bond acceptors (Lipinski definition) is 1. The Bertz CT molecular complexity index is 435. The lowest BCUT2D eigenvalue weighted by Crippen LogP contribution is -2.18. The first-order valence-electron chi connectivity index (χ1n) is 6.33. The summed E-state index contributed by atoms with van der Waals surface area (Å²) in [7, 11) is 0. The summed E-state index contributed by atoms with van der Waals surface area (Å²) in [5, 5.41) is 9.42. The number of nitrogens with zero attached hydrogens (tertiary/aromatic N) is 1. The van der Waals surface area contributed by atoms with Crippen LogP contribution in [0.15, 0.2) is 24.3 Å². The Hall–Kier alpha value is -1.36. The highest BCUT2D eigenvalue weighted by atomic mass is 19.1. The van der Waals surface area contributed by atoms with Crippen molar-refractivity contribution in [2.45, 2.75) is 39.0 Å². The zero-order valence-electron chi connectivity index (χ0n) is 10.2. The standard InChI is InChI=1S/C15H18FN/c1-2-12-6-7-15(9-12,11-17)10-13-4-3-5-14(16)8-13/h3-5,8,12H,2,6-7,9-10H2,1H3. The molecule has 2 atom stereocenters. The molecule has 0 saturated heterocycles. The molecular weight excluding hydrogens is 213 g/mol. The fourth-order valence-electron chi connectivity index (χ4n) is 2.92. The molecule has 0 radical (unpaired) electrons. The van der Waals surface area contributed by atoms with E-state index >= 15 is 0 Å². The van der Waals surface area contributed by atoms with Crippen LogP contribution in [0.4, 0.5) is 4.39 Å². The van der Waals surface area contributed by atoms with E-state index in [4.69, 9.17) is 0 Å². The molecule has 2 heteroatoms. The normalized spacial score (nSPS) is 27.9. The highest BCUT2D eigenvalue weighted by Crippen LogP contribution is 2.44. The molecule has 1 aromatic rings. The van der Waals surface area contributed by atoms with Gasteiger partial charge in [-0.05, 0) is 49.3 Å². The van der Waals surface area contributed by atoms with Crippen LogP contribution in [-0.2, 0) is 6.42 Å². The smallest absolute Gasteiger partial charge is 0.123 e. The molecular formula is C15H18FN. The van der Waals surface area contributed by atoms with Crippen molar-refractivity contribution in [1.29, 1.82) is 5.26 Å². The van der Waals surface area contributed by atoms with Crippen LogP contribution < -0.4 is 0 Å². The van der Waals surface area contributed by atoms with Crippen molar-refractivity contribution in [2.24, 2.45) is 11.3 Å². The largest absolute Gasteiger partial charge is 0.207 e.